The molecule has 12 heavy (non-hydrogen) atoms. The summed E-state index contributed by atoms with van der Waals surface area (Å²) in [6.07, 6.45) is 5.83. The normalized spacial score (nSPS) is 34.5. The highest BCUT2D eigenvalue weighted by atomic mass is 15.2. The summed E-state index contributed by atoms with van der Waals surface area (Å²) in [6.45, 7) is 6.10. The molecule has 1 nitrogen and oxygen atoms in total. The van der Waals surface area contributed by atoms with Crippen molar-refractivity contribution in [3.05, 3.63) is 0 Å². The van der Waals surface area contributed by atoms with Gasteiger partial charge in [0.15, 0.2) is 0 Å². The van der Waals surface area contributed by atoms with Gasteiger partial charge in [0.2, 0.25) is 0 Å². The van der Waals surface area contributed by atoms with Gasteiger partial charge in [-0.2, -0.15) is 0 Å². The van der Waals surface area contributed by atoms with Crippen LogP contribution in [0.25, 0.3) is 0 Å². The van der Waals surface area contributed by atoms with Crippen molar-refractivity contribution in [2.45, 2.75) is 45.1 Å². The molecule has 0 radical (unpaired) electrons. The molecule has 0 bridgehead atoms. The van der Waals surface area contributed by atoms with Crippen LogP contribution in [0.15, 0.2) is 0 Å². The molecular formula is C11H21N. The van der Waals surface area contributed by atoms with Crippen LogP contribution in [0, 0.1) is 11.8 Å². The van der Waals surface area contributed by atoms with Gasteiger partial charge in [-0.1, -0.05) is 13.8 Å². The van der Waals surface area contributed by atoms with Gasteiger partial charge in [-0.25, -0.2) is 0 Å². The summed E-state index contributed by atoms with van der Waals surface area (Å²) in [6, 6.07) is 0. The molecule has 1 aliphatic carbocycles. The average molecular weight is 167 g/mol. The molecule has 0 aromatic rings. The Hall–Kier alpha value is -0.0400. The lowest BCUT2D eigenvalue weighted by Gasteiger charge is -2.39. The van der Waals surface area contributed by atoms with Crippen LogP contribution in [0.3, 0.4) is 0 Å². The summed E-state index contributed by atoms with van der Waals surface area (Å²) in [4.78, 5) is 2.60. The first-order chi connectivity index (χ1) is 5.64. The first-order valence-corrected chi connectivity index (χ1v) is 5.35. The minimum atomic E-state index is 0.674. The van der Waals surface area contributed by atoms with E-state index in [1.54, 1.807) is 0 Å². The van der Waals surface area contributed by atoms with Crippen molar-refractivity contribution in [3.8, 4) is 0 Å². The SMILES string of the molecule is CC(C)[C@@H]1CCN(C)C2(CC2)C1. The van der Waals surface area contributed by atoms with Crippen LogP contribution in [0.2, 0.25) is 0 Å². The number of piperidine rings is 1. The van der Waals surface area contributed by atoms with Gasteiger partial charge in [-0.3, -0.25) is 0 Å². The molecule has 1 spiro atoms. The van der Waals surface area contributed by atoms with Gasteiger partial charge >= 0.3 is 0 Å². The Kier molecular flexibility index (Phi) is 1.95. The quantitative estimate of drug-likeness (QED) is 0.580. The molecule has 0 N–H and O–H groups in total. The summed E-state index contributed by atoms with van der Waals surface area (Å²) in [7, 11) is 2.31. The molecule has 0 unspecified atom stereocenters. The van der Waals surface area contributed by atoms with E-state index >= 15 is 0 Å². The van der Waals surface area contributed by atoms with Crippen molar-refractivity contribution in [2.24, 2.45) is 11.8 Å². The van der Waals surface area contributed by atoms with Gasteiger partial charge < -0.3 is 4.90 Å². The van der Waals surface area contributed by atoms with Crippen molar-refractivity contribution < 1.29 is 0 Å². The van der Waals surface area contributed by atoms with Crippen molar-refractivity contribution in [1.29, 1.82) is 0 Å². The predicted molar refractivity (Wildman–Crippen MR) is 52.2 cm³/mol. The second-order valence-corrected chi connectivity index (χ2v) is 5.14. The third kappa shape index (κ3) is 1.28. The van der Waals surface area contributed by atoms with E-state index in [1.165, 1.54) is 32.2 Å². The molecule has 2 fully saturated rings. The number of likely N-dealkylation sites (tertiary alicyclic amines) is 1. The van der Waals surface area contributed by atoms with E-state index < -0.39 is 0 Å². The highest BCUT2D eigenvalue weighted by Gasteiger charge is 2.49. The van der Waals surface area contributed by atoms with Crippen LogP contribution in [0.1, 0.15) is 39.5 Å². The summed E-state index contributed by atoms with van der Waals surface area (Å²) < 4.78 is 0. The van der Waals surface area contributed by atoms with Crippen molar-refractivity contribution in [3.63, 3.8) is 0 Å². The lowest BCUT2D eigenvalue weighted by atomic mass is 9.82. The third-order valence-corrected chi connectivity index (χ3v) is 4.06. The fourth-order valence-corrected chi connectivity index (χ4v) is 2.64. The van der Waals surface area contributed by atoms with Crippen LogP contribution < -0.4 is 0 Å². The van der Waals surface area contributed by atoms with Crippen LogP contribution in [0.4, 0.5) is 0 Å². The second-order valence-electron chi connectivity index (χ2n) is 5.14. The third-order valence-electron chi connectivity index (χ3n) is 4.06. The molecule has 0 aromatic heterocycles. The molecule has 1 atom stereocenters. The molecule has 2 rings (SSSR count). The minimum Gasteiger partial charge on any atom is -0.301 e. The highest BCUT2D eigenvalue weighted by molar-refractivity contribution is 5.06. The first-order valence-electron chi connectivity index (χ1n) is 5.35. The van der Waals surface area contributed by atoms with E-state index in [1.807, 2.05) is 0 Å². The maximum absolute atomic E-state index is 2.60. The Morgan fingerprint density at radius 2 is 2.00 bits per heavy atom. The number of hydrogen-bond donors (Lipinski definition) is 0. The van der Waals surface area contributed by atoms with Crippen LogP contribution in [-0.2, 0) is 0 Å². The molecule has 1 saturated carbocycles. The van der Waals surface area contributed by atoms with E-state index in [-0.39, 0.29) is 0 Å². The molecule has 0 amide bonds. The molecule has 70 valence electrons. The summed E-state index contributed by atoms with van der Waals surface area (Å²) >= 11 is 0. The largest absolute Gasteiger partial charge is 0.301 e. The maximum atomic E-state index is 2.60. The monoisotopic (exact) mass is 167 g/mol. The molecule has 2 aliphatic rings. The summed E-state index contributed by atoms with van der Waals surface area (Å²) in [5.74, 6) is 1.90. The Labute approximate surface area is 76.1 Å². The second kappa shape index (κ2) is 2.73. The van der Waals surface area contributed by atoms with Gasteiger partial charge in [-0.15, -0.1) is 0 Å². The lowest BCUT2D eigenvalue weighted by Crippen LogP contribution is -2.42. The highest BCUT2D eigenvalue weighted by Crippen LogP contribution is 2.50. The van der Waals surface area contributed by atoms with Gasteiger partial charge in [0.05, 0.1) is 0 Å². The van der Waals surface area contributed by atoms with Crippen molar-refractivity contribution in [1.82, 2.24) is 4.90 Å². The van der Waals surface area contributed by atoms with Crippen molar-refractivity contribution >= 4 is 0 Å². The summed E-state index contributed by atoms with van der Waals surface area (Å²) in [5.41, 5.74) is 0.674. The Bertz CT molecular complexity index is 170. The average Bonchev–Trinajstić information content (AvgIpc) is 2.76. The number of nitrogens with zero attached hydrogens (tertiary/aromatic N) is 1. The standard InChI is InChI=1S/C11H21N/c1-9(2)10-4-7-12(3)11(8-10)5-6-11/h9-10H,4-8H2,1-3H3/t10-/m1/s1. The van der Waals surface area contributed by atoms with Crippen LogP contribution in [-0.4, -0.2) is 24.0 Å². The topological polar surface area (TPSA) is 3.24 Å². The van der Waals surface area contributed by atoms with E-state index in [0.717, 1.165) is 11.8 Å². The minimum absolute atomic E-state index is 0.674. The fourth-order valence-electron chi connectivity index (χ4n) is 2.64. The number of rotatable bonds is 1. The maximum Gasteiger partial charge on any atom is 0.0210 e. The molecule has 1 aliphatic heterocycles. The molecule has 1 heterocycles. The predicted octanol–water partition coefficient (Wildman–Crippen LogP) is 2.52. The Balaban J connectivity index is 1.99. The van der Waals surface area contributed by atoms with Gasteiger partial charge in [0, 0.05) is 5.54 Å². The van der Waals surface area contributed by atoms with E-state index in [4.69, 9.17) is 0 Å². The van der Waals surface area contributed by atoms with Crippen molar-refractivity contribution in [2.75, 3.05) is 13.6 Å². The molecular weight excluding hydrogens is 146 g/mol. The fraction of sp³-hybridized carbons (Fsp3) is 1.00. The van der Waals surface area contributed by atoms with E-state index in [2.05, 4.69) is 25.8 Å². The van der Waals surface area contributed by atoms with E-state index in [9.17, 15) is 0 Å². The zero-order valence-corrected chi connectivity index (χ0v) is 8.64. The van der Waals surface area contributed by atoms with Crippen LogP contribution >= 0.6 is 0 Å². The molecule has 1 saturated heterocycles. The van der Waals surface area contributed by atoms with E-state index in [0.29, 0.717) is 5.54 Å². The number of hydrogen-bond acceptors (Lipinski definition) is 1. The smallest absolute Gasteiger partial charge is 0.0210 e. The first kappa shape index (κ1) is 8.55. The zero-order chi connectivity index (χ0) is 8.77. The molecule has 1 heteroatoms. The van der Waals surface area contributed by atoms with Crippen LogP contribution in [0.5, 0.6) is 0 Å². The summed E-state index contributed by atoms with van der Waals surface area (Å²) in [5, 5.41) is 0. The Morgan fingerprint density at radius 3 is 2.50 bits per heavy atom. The lowest BCUT2D eigenvalue weighted by molar-refractivity contribution is 0.101. The van der Waals surface area contributed by atoms with Gasteiger partial charge in [-0.05, 0) is 51.1 Å². The van der Waals surface area contributed by atoms with Gasteiger partial charge in [0.25, 0.3) is 0 Å². The molecule has 0 aromatic carbocycles. The van der Waals surface area contributed by atoms with Gasteiger partial charge in [0.1, 0.15) is 0 Å². The zero-order valence-electron chi connectivity index (χ0n) is 8.64. The Morgan fingerprint density at radius 1 is 1.33 bits per heavy atom.